The highest BCUT2D eigenvalue weighted by atomic mass is 32.2. The number of rotatable bonds is 5. The molecule has 1 heterocycles. The van der Waals surface area contributed by atoms with Crippen molar-refractivity contribution in [1.82, 2.24) is 20.8 Å². The third-order valence-corrected chi connectivity index (χ3v) is 5.21. The summed E-state index contributed by atoms with van der Waals surface area (Å²) in [5.41, 5.74) is 8.44. The second-order valence-electron chi connectivity index (χ2n) is 6.68. The molecule has 2 amide bonds. The van der Waals surface area contributed by atoms with Gasteiger partial charge in [-0.1, -0.05) is 30.8 Å². The molecular formula is C19H22N4O2S. The standard InChI is InChI=1S/C19H22N4O2S/c1-11-8-16(11)18(25)23-22-17(24)15-6-4-14(5-7-15)10-26-19-20-12(2)9-13(3)21-19/h4-7,9,11,16H,8,10H2,1-3H3,(H,22,24)(H,23,25). The van der Waals surface area contributed by atoms with Crippen LogP contribution in [-0.4, -0.2) is 21.8 Å². The van der Waals surface area contributed by atoms with E-state index in [2.05, 4.69) is 20.8 Å². The van der Waals surface area contributed by atoms with Crippen molar-refractivity contribution in [3.63, 3.8) is 0 Å². The molecule has 1 aliphatic carbocycles. The number of carbonyl (C=O) groups excluding carboxylic acids is 2. The lowest BCUT2D eigenvalue weighted by Gasteiger charge is -2.08. The maximum absolute atomic E-state index is 12.1. The molecule has 1 aromatic heterocycles. The SMILES string of the molecule is Cc1cc(C)nc(SCc2ccc(C(=O)NNC(=O)C3CC3C)cc2)n1. The number of hydrogen-bond acceptors (Lipinski definition) is 5. The van der Waals surface area contributed by atoms with Crippen LogP contribution in [-0.2, 0) is 10.5 Å². The Balaban J connectivity index is 1.51. The first-order valence-corrected chi connectivity index (χ1v) is 9.55. The Morgan fingerprint density at radius 3 is 2.31 bits per heavy atom. The van der Waals surface area contributed by atoms with Crippen molar-refractivity contribution >= 4 is 23.6 Å². The summed E-state index contributed by atoms with van der Waals surface area (Å²) >= 11 is 1.56. The zero-order valence-corrected chi connectivity index (χ0v) is 15.9. The largest absolute Gasteiger partial charge is 0.273 e. The Morgan fingerprint density at radius 1 is 1.12 bits per heavy atom. The smallest absolute Gasteiger partial charge is 0.269 e. The van der Waals surface area contributed by atoms with Gasteiger partial charge >= 0.3 is 0 Å². The van der Waals surface area contributed by atoms with Crippen LogP contribution in [0.2, 0.25) is 0 Å². The zero-order chi connectivity index (χ0) is 18.7. The fraction of sp³-hybridized carbons (Fsp3) is 0.368. The number of carbonyl (C=O) groups is 2. The molecule has 0 spiro atoms. The van der Waals surface area contributed by atoms with E-state index in [4.69, 9.17) is 0 Å². The number of aryl methyl sites for hydroxylation is 2. The first kappa shape index (κ1) is 18.4. The average molecular weight is 370 g/mol. The lowest BCUT2D eigenvalue weighted by Crippen LogP contribution is -2.42. The molecule has 136 valence electrons. The zero-order valence-electron chi connectivity index (χ0n) is 15.1. The summed E-state index contributed by atoms with van der Waals surface area (Å²) in [5, 5.41) is 0.751. The van der Waals surface area contributed by atoms with Crippen LogP contribution in [0.5, 0.6) is 0 Å². The third-order valence-electron chi connectivity index (χ3n) is 4.29. The summed E-state index contributed by atoms with van der Waals surface area (Å²) in [6, 6.07) is 9.24. The highest BCUT2D eigenvalue weighted by Gasteiger charge is 2.39. The molecule has 1 aromatic carbocycles. The number of aromatic nitrogens is 2. The lowest BCUT2D eigenvalue weighted by atomic mass is 10.1. The molecule has 1 saturated carbocycles. The minimum absolute atomic E-state index is 0.0298. The molecule has 7 heteroatoms. The second kappa shape index (κ2) is 7.86. The highest BCUT2D eigenvalue weighted by Crippen LogP contribution is 2.37. The van der Waals surface area contributed by atoms with E-state index in [1.165, 1.54) is 0 Å². The van der Waals surface area contributed by atoms with Crippen LogP contribution < -0.4 is 10.9 Å². The number of thioether (sulfide) groups is 1. The van der Waals surface area contributed by atoms with E-state index in [1.807, 2.05) is 39.0 Å². The molecule has 0 saturated heterocycles. The molecule has 2 unspecified atom stereocenters. The summed E-state index contributed by atoms with van der Waals surface area (Å²) in [6.07, 6.45) is 0.887. The van der Waals surface area contributed by atoms with Gasteiger partial charge in [0, 0.05) is 28.6 Å². The minimum atomic E-state index is -0.316. The van der Waals surface area contributed by atoms with Gasteiger partial charge < -0.3 is 0 Å². The van der Waals surface area contributed by atoms with E-state index in [0.29, 0.717) is 11.5 Å². The fourth-order valence-electron chi connectivity index (χ4n) is 2.63. The summed E-state index contributed by atoms with van der Waals surface area (Å²) in [6.45, 7) is 5.93. The van der Waals surface area contributed by atoms with Gasteiger partial charge in [0.15, 0.2) is 5.16 Å². The Labute approximate surface area is 157 Å². The van der Waals surface area contributed by atoms with Gasteiger partial charge in [0.2, 0.25) is 5.91 Å². The molecule has 1 aliphatic rings. The van der Waals surface area contributed by atoms with Gasteiger partial charge in [-0.05, 0) is 49.9 Å². The van der Waals surface area contributed by atoms with Gasteiger partial charge in [0.25, 0.3) is 5.91 Å². The summed E-state index contributed by atoms with van der Waals surface area (Å²) < 4.78 is 0. The Morgan fingerprint density at radius 2 is 1.73 bits per heavy atom. The molecule has 0 radical (unpaired) electrons. The maximum Gasteiger partial charge on any atom is 0.269 e. The van der Waals surface area contributed by atoms with Gasteiger partial charge in [0.1, 0.15) is 0 Å². The molecule has 2 aromatic rings. The fourth-order valence-corrected chi connectivity index (χ4v) is 3.53. The normalized spacial score (nSPS) is 18.3. The van der Waals surface area contributed by atoms with E-state index in [-0.39, 0.29) is 17.7 Å². The molecule has 0 bridgehead atoms. The molecule has 2 atom stereocenters. The van der Waals surface area contributed by atoms with Crippen molar-refractivity contribution in [2.24, 2.45) is 11.8 Å². The number of hydrogen-bond donors (Lipinski definition) is 2. The van der Waals surface area contributed by atoms with E-state index in [1.54, 1.807) is 23.9 Å². The van der Waals surface area contributed by atoms with Crippen LogP contribution in [0.1, 0.15) is 40.7 Å². The first-order valence-electron chi connectivity index (χ1n) is 8.56. The third kappa shape index (κ3) is 4.82. The monoisotopic (exact) mass is 370 g/mol. The Hall–Kier alpha value is -2.41. The van der Waals surface area contributed by atoms with Crippen molar-refractivity contribution in [2.75, 3.05) is 0 Å². The van der Waals surface area contributed by atoms with Gasteiger partial charge in [-0.2, -0.15) is 0 Å². The average Bonchev–Trinajstić information content (AvgIpc) is 3.34. The number of benzene rings is 1. The van der Waals surface area contributed by atoms with Crippen LogP contribution in [0.25, 0.3) is 0 Å². The van der Waals surface area contributed by atoms with Crippen LogP contribution in [0, 0.1) is 25.7 Å². The number of nitrogens with zero attached hydrogens (tertiary/aromatic N) is 2. The van der Waals surface area contributed by atoms with Crippen molar-refractivity contribution in [3.8, 4) is 0 Å². The van der Waals surface area contributed by atoms with E-state index in [0.717, 1.165) is 34.3 Å². The quantitative estimate of drug-likeness (QED) is 0.480. The molecule has 1 fully saturated rings. The maximum atomic E-state index is 12.1. The second-order valence-corrected chi connectivity index (χ2v) is 7.62. The van der Waals surface area contributed by atoms with E-state index < -0.39 is 0 Å². The van der Waals surface area contributed by atoms with Crippen molar-refractivity contribution in [3.05, 3.63) is 52.8 Å². The Kier molecular flexibility index (Phi) is 5.56. The lowest BCUT2D eigenvalue weighted by molar-refractivity contribution is -0.123. The number of amides is 2. The van der Waals surface area contributed by atoms with Crippen LogP contribution in [0.15, 0.2) is 35.5 Å². The topological polar surface area (TPSA) is 84.0 Å². The summed E-state index contributed by atoms with van der Waals surface area (Å²) in [4.78, 5) is 32.6. The van der Waals surface area contributed by atoms with Gasteiger partial charge in [-0.15, -0.1) is 0 Å². The summed E-state index contributed by atoms with van der Waals surface area (Å²) in [7, 11) is 0. The predicted molar refractivity (Wildman–Crippen MR) is 100 cm³/mol. The summed E-state index contributed by atoms with van der Waals surface area (Å²) in [5.74, 6) is 0.726. The van der Waals surface area contributed by atoms with Crippen molar-refractivity contribution in [1.29, 1.82) is 0 Å². The van der Waals surface area contributed by atoms with Gasteiger partial charge in [0.05, 0.1) is 0 Å². The van der Waals surface area contributed by atoms with E-state index in [9.17, 15) is 9.59 Å². The van der Waals surface area contributed by atoms with Gasteiger partial charge in [-0.3, -0.25) is 20.4 Å². The van der Waals surface area contributed by atoms with Crippen LogP contribution in [0.3, 0.4) is 0 Å². The molecule has 3 rings (SSSR count). The number of nitrogens with one attached hydrogen (secondary N) is 2. The molecule has 0 aliphatic heterocycles. The van der Waals surface area contributed by atoms with Crippen molar-refractivity contribution in [2.45, 2.75) is 38.1 Å². The van der Waals surface area contributed by atoms with Crippen LogP contribution >= 0.6 is 11.8 Å². The van der Waals surface area contributed by atoms with Crippen LogP contribution in [0.4, 0.5) is 0 Å². The molecule has 26 heavy (non-hydrogen) atoms. The molecular weight excluding hydrogens is 348 g/mol. The highest BCUT2D eigenvalue weighted by molar-refractivity contribution is 7.98. The predicted octanol–water partition coefficient (Wildman–Crippen LogP) is 2.80. The number of hydrazine groups is 1. The van der Waals surface area contributed by atoms with Gasteiger partial charge in [-0.25, -0.2) is 9.97 Å². The molecule has 2 N–H and O–H groups in total. The van der Waals surface area contributed by atoms with Crippen molar-refractivity contribution < 1.29 is 9.59 Å². The minimum Gasteiger partial charge on any atom is -0.273 e. The first-order chi connectivity index (χ1) is 12.4. The Bertz CT molecular complexity index is 803. The molecule has 6 nitrogen and oxygen atoms in total. The van der Waals surface area contributed by atoms with E-state index >= 15 is 0 Å².